The maximum atomic E-state index is 6.32. The molecule has 0 aliphatic carbocycles. The van der Waals surface area contributed by atoms with Crippen molar-refractivity contribution in [3.8, 4) is 44.8 Å². The minimum atomic E-state index is 0.602. The average molecular weight is 731 g/mol. The van der Waals surface area contributed by atoms with Crippen LogP contribution in [0.4, 0.5) is 17.1 Å². The van der Waals surface area contributed by atoms with Crippen LogP contribution in [0.1, 0.15) is 0 Å². The molecule has 11 aromatic rings. The molecule has 2 aromatic heterocycles. The van der Waals surface area contributed by atoms with Crippen molar-refractivity contribution in [2.24, 2.45) is 0 Å². The third-order valence-electron chi connectivity index (χ3n) is 10.9. The smallest absolute Gasteiger partial charge is 0.227 e. The van der Waals surface area contributed by atoms with Crippen LogP contribution in [0.2, 0.25) is 0 Å². The monoisotopic (exact) mass is 730 g/mol. The molecule has 0 spiro atoms. The number of aromatic nitrogens is 1. The highest BCUT2D eigenvalue weighted by atomic mass is 16.4. The molecule has 268 valence electrons. The van der Waals surface area contributed by atoms with E-state index in [1.807, 2.05) is 36.4 Å². The van der Waals surface area contributed by atoms with Gasteiger partial charge in [0.1, 0.15) is 16.7 Å². The zero-order chi connectivity index (χ0) is 37.7. The van der Waals surface area contributed by atoms with Gasteiger partial charge in [0, 0.05) is 39.5 Å². The standard InChI is InChI=1S/C53H34N2O2/c1-3-9-35(10-4-1)37-17-24-44(25-18-37)55(45-26-19-38(20-27-45)42-16-15-36-11-7-8-14-41(36)31-42)46-28-21-39(22-29-46)43-23-30-50-47(32-43)48-33-52-49(34-51(48)56-50)54-53(57-52)40-12-5-2-6-13-40/h1-34H. The van der Waals surface area contributed by atoms with E-state index >= 15 is 0 Å². The summed E-state index contributed by atoms with van der Waals surface area (Å²) >= 11 is 0. The molecule has 0 radical (unpaired) electrons. The zero-order valence-corrected chi connectivity index (χ0v) is 30.8. The van der Waals surface area contributed by atoms with Crippen LogP contribution in [0.15, 0.2) is 215 Å². The van der Waals surface area contributed by atoms with Gasteiger partial charge in [-0.1, -0.05) is 127 Å². The number of anilines is 3. The Labute approximate surface area is 329 Å². The van der Waals surface area contributed by atoms with E-state index in [1.165, 1.54) is 33.0 Å². The van der Waals surface area contributed by atoms with Crippen molar-refractivity contribution in [3.05, 3.63) is 206 Å². The van der Waals surface area contributed by atoms with Gasteiger partial charge in [0.25, 0.3) is 0 Å². The quantitative estimate of drug-likeness (QED) is 0.164. The van der Waals surface area contributed by atoms with E-state index in [2.05, 4.69) is 175 Å². The molecule has 4 heteroatoms. The lowest BCUT2D eigenvalue weighted by molar-refractivity contribution is 0.620. The van der Waals surface area contributed by atoms with E-state index in [4.69, 9.17) is 13.8 Å². The third kappa shape index (κ3) is 6.01. The molecule has 0 unspecified atom stereocenters. The second kappa shape index (κ2) is 13.6. The van der Waals surface area contributed by atoms with Gasteiger partial charge in [-0.15, -0.1) is 0 Å². The van der Waals surface area contributed by atoms with Gasteiger partial charge in [0.2, 0.25) is 5.89 Å². The first-order valence-electron chi connectivity index (χ1n) is 19.2. The Bertz CT molecular complexity index is 3200. The first-order valence-corrected chi connectivity index (χ1v) is 19.2. The lowest BCUT2D eigenvalue weighted by Gasteiger charge is -2.26. The Kier molecular flexibility index (Phi) is 7.78. The first kappa shape index (κ1) is 32.7. The molecule has 0 saturated carbocycles. The fourth-order valence-electron chi connectivity index (χ4n) is 7.94. The molecular weight excluding hydrogens is 697 g/mol. The number of rotatable bonds is 7. The Morgan fingerprint density at radius 1 is 0.316 bits per heavy atom. The van der Waals surface area contributed by atoms with Gasteiger partial charge in [-0.3, -0.25) is 0 Å². The summed E-state index contributed by atoms with van der Waals surface area (Å²) in [6.45, 7) is 0. The fourth-order valence-corrected chi connectivity index (χ4v) is 7.94. The van der Waals surface area contributed by atoms with Crippen LogP contribution in [0.3, 0.4) is 0 Å². The summed E-state index contributed by atoms with van der Waals surface area (Å²) in [5, 5.41) is 4.53. The Balaban J connectivity index is 0.946. The SMILES string of the molecule is c1ccc(-c2ccc(N(c3ccc(-c4ccc5ccccc5c4)cc3)c3ccc(-c4ccc5oc6cc7nc(-c8ccccc8)oc7cc6c5c4)cc3)cc2)cc1. The van der Waals surface area contributed by atoms with Crippen LogP contribution in [0, 0.1) is 0 Å². The highest BCUT2D eigenvalue weighted by Crippen LogP contribution is 2.40. The number of hydrogen-bond acceptors (Lipinski definition) is 4. The Morgan fingerprint density at radius 2 is 0.807 bits per heavy atom. The summed E-state index contributed by atoms with van der Waals surface area (Å²) < 4.78 is 12.5. The summed E-state index contributed by atoms with van der Waals surface area (Å²) in [5.41, 5.74) is 14.3. The summed E-state index contributed by atoms with van der Waals surface area (Å²) in [5.74, 6) is 0.602. The number of fused-ring (bicyclic) bond motifs is 5. The molecule has 0 bridgehead atoms. The zero-order valence-electron chi connectivity index (χ0n) is 30.8. The van der Waals surface area contributed by atoms with Gasteiger partial charge in [0.05, 0.1) is 0 Å². The van der Waals surface area contributed by atoms with Gasteiger partial charge in [0.15, 0.2) is 5.58 Å². The molecule has 4 nitrogen and oxygen atoms in total. The number of oxazole rings is 1. The van der Waals surface area contributed by atoms with Crippen molar-refractivity contribution < 1.29 is 8.83 Å². The molecule has 0 aliphatic rings. The van der Waals surface area contributed by atoms with Crippen molar-refractivity contribution in [2.75, 3.05) is 4.90 Å². The Hall–Kier alpha value is -7.69. The van der Waals surface area contributed by atoms with Crippen LogP contribution in [-0.4, -0.2) is 4.98 Å². The summed E-state index contributed by atoms with van der Waals surface area (Å²) in [6, 6.07) is 72.6. The average Bonchev–Trinajstić information content (AvgIpc) is 3.87. The third-order valence-corrected chi connectivity index (χ3v) is 10.9. The highest BCUT2D eigenvalue weighted by molar-refractivity contribution is 6.10. The van der Waals surface area contributed by atoms with E-state index in [1.54, 1.807) is 0 Å². The van der Waals surface area contributed by atoms with E-state index in [-0.39, 0.29) is 0 Å². The van der Waals surface area contributed by atoms with Crippen LogP contribution in [0.25, 0.3) is 88.6 Å². The molecule has 0 atom stereocenters. The topological polar surface area (TPSA) is 42.4 Å². The lowest BCUT2D eigenvalue weighted by Crippen LogP contribution is -2.09. The van der Waals surface area contributed by atoms with Crippen LogP contribution < -0.4 is 4.90 Å². The van der Waals surface area contributed by atoms with Crippen LogP contribution in [-0.2, 0) is 0 Å². The van der Waals surface area contributed by atoms with Crippen LogP contribution in [0.5, 0.6) is 0 Å². The lowest BCUT2D eigenvalue weighted by atomic mass is 10.0. The van der Waals surface area contributed by atoms with E-state index in [0.717, 1.165) is 66.8 Å². The van der Waals surface area contributed by atoms with E-state index in [0.29, 0.717) is 5.89 Å². The van der Waals surface area contributed by atoms with Crippen molar-refractivity contribution in [3.63, 3.8) is 0 Å². The van der Waals surface area contributed by atoms with Crippen molar-refractivity contribution >= 4 is 60.9 Å². The molecule has 9 aromatic carbocycles. The summed E-state index contributed by atoms with van der Waals surface area (Å²) in [6.07, 6.45) is 0. The first-order chi connectivity index (χ1) is 28.2. The number of furan rings is 1. The highest BCUT2D eigenvalue weighted by Gasteiger charge is 2.17. The van der Waals surface area contributed by atoms with Gasteiger partial charge in [-0.2, -0.15) is 0 Å². The minimum Gasteiger partial charge on any atom is -0.456 e. The maximum absolute atomic E-state index is 6.32. The molecule has 11 rings (SSSR count). The minimum absolute atomic E-state index is 0.602. The second-order valence-corrected chi connectivity index (χ2v) is 14.4. The van der Waals surface area contributed by atoms with Gasteiger partial charge >= 0.3 is 0 Å². The molecule has 0 fully saturated rings. The van der Waals surface area contributed by atoms with Gasteiger partial charge in [-0.05, 0) is 117 Å². The van der Waals surface area contributed by atoms with Crippen LogP contribution >= 0.6 is 0 Å². The van der Waals surface area contributed by atoms with Crippen molar-refractivity contribution in [1.29, 1.82) is 0 Å². The summed E-state index contributed by atoms with van der Waals surface area (Å²) in [4.78, 5) is 7.07. The molecule has 0 aliphatic heterocycles. The fraction of sp³-hybridized carbons (Fsp3) is 0. The van der Waals surface area contributed by atoms with E-state index < -0.39 is 0 Å². The number of benzene rings is 9. The Morgan fingerprint density at radius 3 is 1.46 bits per heavy atom. The molecule has 0 amide bonds. The normalized spacial score (nSPS) is 11.5. The second-order valence-electron chi connectivity index (χ2n) is 14.4. The predicted molar refractivity (Wildman–Crippen MR) is 235 cm³/mol. The van der Waals surface area contributed by atoms with Gasteiger partial charge < -0.3 is 13.7 Å². The molecule has 57 heavy (non-hydrogen) atoms. The predicted octanol–water partition coefficient (Wildman–Crippen LogP) is 15.0. The molecular formula is C53H34N2O2. The number of nitrogens with zero attached hydrogens (tertiary/aromatic N) is 2. The molecule has 2 heterocycles. The largest absolute Gasteiger partial charge is 0.456 e. The maximum Gasteiger partial charge on any atom is 0.227 e. The van der Waals surface area contributed by atoms with Crippen molar-refractivity contribution in [1.82, 2.24) is 4.98 Å². The van der Waals surface area contributed by atoms with Crippen molar-refractivity contribution in [2.45, 2.75) is 0 Å². The van der Waals surface area contributed by atoms with E-state index in [9.17, 15) is 0 Å². The van der Waals surface area contributed by atoms with Gasteiger partial charge in [-0.25, -0.2) is 4.98 Å². The summed E-state index contributed by atoms with van der Waals surface area (Å²) in [7, 11) is 0. The molecule has 0 saturated heterocycles. The number of hydrogen-bond donors (Lipinski definition) is 0. The molecule has 0 N–H and O–H groups in total.